The molecule has 4 nitrogen and oxygen atoms in total. The molecule has 0 aliphatic heterocycles. The second-order valence-electron chi connectivity index (χ2n) is 4.87. The standard InChI is InChI=1S/C16H25NO3/c1-4-19-11-9-16(18)17-10-12-20-15-7-5-14(6-8-15)13(2)3/h5-8,13H,4,9-12H2,1-3H3,(H,17,18). The summed E-state index contributed by atoms with van der Waals surface area (Å²) in [6.45, 7) is 8.33. The Kier molecular flexibility index (Phi) is 7.73. The minimum absolute atomic E-state index is 0.00259. The number of nitrogens with one attached hydrogen (secondary N) is 1. The molecule has 0 heterocycles. The lowest BCUT2D eigenvalue weighted by Gasteiger charge is -2.09. The molecule has 0 aliphatic carbocycles. The van der Waals surface area contributed by atoms with E-state index >= 15 is 0 Å². The molecule has 0 saturated carbocycles. The van der Waals surface area contributed by atoms with Gasteiger partial charge in [-0.25, -0.2) is 0 Å². The Bertz CT molecular complexity index is 387. The maximum atomic E-state index is 11.4. The van der Waals surface area contributed by atoms with Gasteiger partial charge in [-0.15, -0.1) is 0 Å². The van der Waals surface area contributed by atoms with Crippen LogP contribution in [0.25, 0.3) is 0 Å². The molecule has 20 heavy (non-hydrogen) atoms. The van der Waals surface area contributed by atoms with Gasteiger partial charge in [0.1, 0.15) is 12.4 Å². The highest BCUT2D eigenvalue weighted by atomic mass is 16.5. The molecule has 1 aromatic rings. The number of carbonyl (C=O) groups is 1. The first kappa shape index (κ1) is 16.5. The highest BCUT2D eigenvalue weighted by Gasteiger charge is 2.01. The average Bonchev–Trinajstić information content (AvgIpc) is 2.44. The number of rotatable bonds is 9. The third kappa shape index (κ3) is 6.57. The van der Waals surface area contributed by atoms with Gasteiger partial charge in [-0.2, -0.15) is 0 Å². The van der Waals surface area contributed by atoms with Crippen LogP contribution in [-0.4, -0.2) is 32.3 Å². The Balaban J connectivity index is 2.16. The number of amides is 1. The molecule has 1 amide bonds. The van der Waals surface area contributed by atoms with Gasteiger partial charge >= 0.3 is 0 Å². The zero-order valence-corrected chi connectivity index (χ0v) is 12.6. The Labute approximate surface area is 121 Å². The summed E-state index contributed by atoms with van der Waals surface area (Å²) in [6, 6.07) is 8.07. The van der Waals surface area contributed by atoms with Crippen LogP contribution in [0.2, 0.25) is 0 Å². The number of benzene rings is 1. The first-order chi connectivity index (χ1) is 9.63. The highest BCUT2D eigenvalue weighted by Crippen LogP contribution is 2.18. The number of ether oxygens (including phenoxy) is 2. The monoisotopic (exact) mass is 279 g/mol. The van der Waals surface area contributed by atoms with E-state index in [0.717, 1.165) is 5.75 Å². The fourth-order valence-electron chi connectivity index (χ4n) is 1.71. The molecule has 0 aliphatic rings. The largest absolute Gasteiger partial charge is 0.492 e. The van der Waals surface area contributed by atoms with Crippen molar-refractivity contribution in [1.82, 2.24) is 5.32 Å². The van der Waals surface area contributed by atoms with Crippen LogP contribution in [0, 0.1) is 0 Å². The van der Waals surface area contributed by atoms with Crippen molar-refractivity contribution in [2.24, 2.45) is 0 Å². The van der Waals surface area contributed by atoms with Crippen molar-refractivity contribution in [3.8, 4) is 5.75 Å². The van der Waals surface area contributed by atoms with Crippen LogP contribution in [-0.2, 0) is 9.53 Å². The van der Waals surface area contributed by atoms with Crippen molar-refractivity contribution in [2.45, 2.75) is 33.1 Å². The van der Waals surface area contributed by atoms with Crippen LogP contribution in [0.1, 0.15) is 38.7 Å². The molecule has 0 aromatic heterocycles. The molecule has 0 fully saturated rings. The van der Waals surface area contributed by atoms with Gasteiger partial charge in [0, 0.05) is 13.0 Å². The molecule has 1 aromatic carbocycles. The number of carbonyl (C=O) groups excluding carboxylic acids is 1. The first-order valence-corrected chi connectivity index (χ1v) is 7.20. The molecule has 1 rings (SSSR count). The lowest BCUT2D eigenvalue weighted by Crippen LogP contribution is -2.28. The molecule has 0 unspecified atom stereocenters. The van der Waals surface area contributed by atoms with Gasteiger partial charge in [0.25, 0.3) is 0 Å². The van der Waals surface area contributed by atoms with Gasteiger partial charge in [0.05, 0.1) is 13.2 Å². The van der Waals surface area contributed by atoms with Gasteiger partial charge in [0.2, 0.25) is 5.91 Å². The molecule has 0 spiro atoms. The zero-order valence-electron chi connectivity index (χ0n) is 12.6. The predicted octanol–water partition coefficient (Wildman–Crippen LogP) is 2.73. The van der Waals surface area contributed by atoms with E-state index in [4.69, 9.17) is 9.47 Å². The van der Waals surface area contributed by atoms with Gasteiger partial charge in [-0.05, 0) is 30.5 Å². The second kappa shape index (κ2) is 9.37. The van der Waals surface area contributed by atoms with E-state index in [-0.39, 0.29) is 5.91 Å². The van der Waals surface area contributed by atoms with Gasteiger partial charge in [0.15, 0.2) is 0 Å². The van der Waals surface area contributed by atoms with Crippen molar-refractivity contribution in [1.29, 1.82) is 0 Å². The lowest BCUT2D eigenvalue weighted by molar-refractivity contribution is -0.122. The summed E-state index contributed by atoms with van der Waals surface area (Å²) in [5.41, 5.74) is 1.29. The van der Waals surface area contributed by atoms with Crippen LogP contribution >= 0.6 is 0 Å². The summed E-state index contributed by atoms with van der Waals surface area (Å²) in [5.74, 6) is 1.35. The first-order valence-electron chi connectivity index (χ1n) is 7.20. The molecule has 0 saturated heterocycles. The van der Waals surface area contributed by atoms with Crippen molar-refractivity contribution >= 4 is 5.91 Å². The Hall–Kier alpha value is -1.55. The van der Waals surface area contributed by atoms with Crippen LogP contribution in [0.3, 0.4) is 0 Å². The summed E-state index contributed by atoms with van der Waals surface area (Å²) in [5, 5.41) is 2.80. The maximum Gasteiger partial charge on any atom is 0.222 e. The molecular formula is C16H25NO3. The van der Waals surface area contributed by atoms with Crippen molar-refractivity contribution in [3.63, 3.8) is 0 Å². The predicted molar refractivity (Wildman–Crippen MR) is 80.1 cm³/mol. The van der Waals surface area contributed by atoms with E-state index in [0.29, 0.717) is 38.7 Å². The zero-order chi connectivity index (χ0) is 14.8. The van der Waals surface area contributed by atoms with Gasteiger partial charge in [-0.1, -0.05) is 26.0 Å². The normalized spacial score (nSPS) is 10.6. The SMILES string of the molecule is CCOCCC(=O)NCCOc1ccc(C(C)C)cc1. The highest BCUT2D eigenvalue weighted by molar-refractivity contribution is 5.75. The summed E-state index contributed by atoms with van der Waals surface area (Å²) in [6.07, 6.45) is 0.400. The van der Waals surface area contributed by atoms with E-state index in [1.165, 1.54) is 5.56 Å². The summed E-state index contributed by atoms with van der Waals surface area (Å²) in [4.78, 5) is 11.4. The Morgan fingerprint density at radius 2 is 1.90 bits per heavy atom. The fourth-order valence-corrected chi connectivity index (χ4v) is 1.71. The molecule has 112 valence electrons. The maximum absolute atomic E-state index is 11.4. The number of hydrogen-bond acceptors (Lipinski definition) is 3. The Morgan fingerprint density at radius 1 is 1.20 bits per heavy atom. The van der Waals surface area contributed by atoms with E-state index in [1.807, 2.05) is 19.1 Å². The third-order valence-corrected chi connectivity index (χ3v) is 2.92. The lowest BCUT2D eigenvalue weighted by atomic mass is 10.0. The van der Waals surface area contributed by atoms with Crippen molar-refractivity contribution in [2.75, 3.05) is 26.4 Å². The van der Waals surface area contributed by atoms with Gasteiger partial charge < -0.3 is 14.8 Å². The minimum atomic E-state index is -0.00259. The van der Waals surface area contributed by atoms with Crippen molar-refractivity contribution < 1.29 is 14.3 Å². The fraction of sp³-hybridized carbons (Fsp3) is 0.562. The molecule has 0 atom stereocenters. The third-order valence-electron chi connectivity index (χ3n) is 2.92. The smallest absolute Gasteiger partial charge is 0.222 e. The Morgan fingerprint density at radius 3 is 2.50 bits per heavy atom. The van der Waals surface area contributed by atoms with Crippen LogP contribution in [0.5, 0.6) is 5.75 Å². The number of hydrogen-bond donors (Lipinski definition) is 1. The van der Waals surface area contributed by atoms with E-state index in [1.54, 1.807) is 0 Å². The second-order valence-corrected chi connectivity index (χ2v) is 4.87. The summed E-state index contributed by atoms with van der Waals surface area (Å²) in [7, 11) is 0. The minimum Gasteiger partial charge on any atom is -0.492 e. The van der Waals surface area contributed by atoms with E-state index in [2.05, 4.69) is 31.3 Å². The molecule has 4 heteroatoms. The molecular weight excluding hydrogens is 254 g/mol. The summed E-state index contributed by atoms with van der Waals surface area (Å²) >= 11 is 0. The summed E-state index contributed by atoms with van der Waals surface area (Å²) < 4.78 is 10.7. The van der Waals surface area contributed by atoms with Crippen LogP contribution in [0.4, 0.5) is 0 Å². The van der Waals surface area contributed by atoms with Crippen LogP contribution in [0.15, 0.2) is 24.3 Å². The van der Waals surface area contributed by atoms with E-state index in [9.17, 15) is 4.79 Å². The topological polar surface area (TPSA) is 47.6 Å². The van der Waals surface area contributed by atoms with Crippen LogP contribution < -0.4 is 10.1 Å². The molecule has 0 radical (unpaired) electrons. The molecule has 1 N–H and O–H groups in total. The van der Waals surface area contributed by atoms with Crippen molar-refractivity contribution in [3.05, 3.63) is 29.8 Å². The van der Waals surface area contributed by atoms with E-state index < -0.39 is 0 Å². The molecule has 0 bridgehead atoms. The van der Waals surface area contributed by atoms with Gasteiger partial charge in [-0.3, -0.25) is 4.79 Å². The quantitative estimate of drug-likeness (QED) is 0.707. The average molecular weight is 279 g/mol.